The molecule has 7 heteroatoms. The van der Waals surface area contributed by atoms with Crippen LogP contribution in [0.3, 0.4) is 0 Å². The molecular weight excluding hydrogens is 264 g/mol. The summed E-state index contributed by atoms with van der Waals surface area (Å²) < 4.78 is 0. The van der Waals surface area contributed by atoms with Gasteiger partial charge >= 0.3 is 12.1 Å². The first-order valence-corrected chi connectivity index (χ1v) is 7.58. The summed E-state index contributed by atoms with van der Waals surface area (Å²) in [5.74, 6) is 0.808. The number of amides is 4. The first-order chi connectivity index (χ1) is 9.10. The van der Waals surface area contributed by atoms with Gasteiger partial charge in [0, 0.05) is 12.8 Å². The van der Waals surface area contributed by atoms with Crippen molar-refractivity contribution in [3.63, 3.8) is 0 Å². The van der Waals surface area contributed by atoms with Gasteiger partial charge in [0.1, 0.15) is 0 Å². The Bertz CT molecular complexity index is 308. The molecule has 110 valence electrons. The number of hydrogen-bond acceptors (Lipinski definition) is 3. The predicted molar refractivity (Wildman–Crippen MR) is 80.4 cm³/mol. The molecule has 0 unspecified atom stereocenters. The molecule has 0 rings (SSSR count). The number of urea groups is 2. The summed E-state index contributed by atoms with van der Waals surface area (Å²) in [5, 5.41) is 5.12. The molecule has 0 aliphatic heterocycles. The van der Waals surface area contributed by atoms with Crippen molar-refractivity contribution in [1.29, 1.82) is 0 Å². The zero-order valence-corrected chi connectivity index (χ0v) is 12.5. The molecule has 0 aromatic rings. The monoisotopic (exact) mass is 288 g/mol. The lowest BCUT2D eigenvalue weighted by atomic mass is 10.1. The quantitative estimate of drug-likeness (QED) is 0.381. The summed E-state index contributed by atoms with van der Waals surface area (Å²) in [6.45, 7) is 2.19. The van der Waals surface area contributed by atoms with Crippen molar-refractivity contribution in [2.45, 2.75) is 45.4 Å². The zero-order chi connectivity index (χ0) is 14.5. The van der Waals surface area contributed by atoms with Crippen molar-refractivity contribution in [3.8, 4) is 0 Å². The van der Waals surface area contributed by atoms with Gasteiger partial charge in [0.15, 0.2) is 5.17 Å². The maximum absolute atomic E-state index is 11.1. The van der Waals surface area contributed by atoms with Crippen molar-refractivity contribution in [3.05, 3.63) is 0 Å². The van der Waals surface area contributed by atoms with Crippen LogP contribution in [0.4, 0.5) is 9.59 Å². The molecule has 0 aliphatic carbocycles. The second kappa shape index (κ2) is 11.8. The number of nitrogens with zero attached hydrogens (tertiary/aromatic N) is 1. The van der Waals surface area contributed by atoms with Crippen molar-refractivity contribution in [2.24, 2.45) is 10.7 Å². The van der Waals surface area contributed by atoms with Gasteiger partial charge in [-0.2, -0.15) is 4.99 Å². The fraction of sp³-hybridized carbons (Fsp3) is 0.750. The van der Waals surface area contributed by atoms with Crippen LogP contribution in [-0.4, -0.2) is 30.0 Å². The molecule has 0 bridgehead atoms. The van der Waals surface area contributed by atoms with E-state index >= 15 is 0 Å². The van der Waals surface area contributed by atoms with Crippen molar-refractivity contribution in [1.82, 2.24) is 10.6 Å². The number of rotatable bonds is 7. The zero-order valence-electron chi connectivity index (χ0n) is 11.7. The molecule has 0 saturated heterocycles. The molecule has 0 aliphatic rings. The lowest BCUT2D eigenvalue weighted by Gasteiger charge is -2.07. The Morgan fingerprint density at radius 3 is 2.37 bits per heavy atom. The summed E-state index contributed by atoms with van der Waals surface area (Å²) in [5.41, 5.74) is 4.98. The number of amidine groups is 1. The molecule has 0 atom stereocenters. The topological polar surface area (TPSA) is 96.6 Å². The highest BCUT2D eigenvalue weighted by molar-refractivity contribution is 8.13. The highest BCUT2D eigenvalue weighted by Gasteiger charge is 2.06. The lowest BCUT2D eigenvalue weighted by molar-refractivity contribution is 0.247. The molecule has 0 heterocycles. The minimum atomic E-state index is -0.804. The van der Waals surface area contributed by atoms with Crippen molar-refractivity contribution < 1.29 is 9.59 Å². The van der Waals surface area contributed by atoms with E-state index in [1.165, 1.54) is 44.5 Å². The van der Waals surface area contributed by atoms with E-state index in [2.05, 4.69) is 22.5 Å². The molecule has 0 aromatic heterocycles. The second-order valence-corrected chi connectivity index (χ2v) is 5.16. The van der Waals surface area contributed by atoms with E-state index < -0.39 is 12.1 Å². The number of primary amides is 1. The van der Waals surface area contributed by atoms with Crippen LogP contribution < -0.4 is 16.4 Å². The standard InChI is InChI=1S/C12H24N4O2S/c1-3-4-5-6-7-8-9-19-12(15-10(13)17)16-11(18)14-2/h3-9H2,1-2H3,(H4,13,14,15,16,17,18). The smallest absolute Gasteiger partial charge is 0.340 e. The highest BCUT2D eigenvalue weighted by Crippen LogP contribution is 2.10. The van der Waals surface area contributed by atoms with Crippen LogP contribution in [0.2, 0.25) is 0 Å². The maximum atomic E-state index is 11.1. The van der Waals surface area contributed by atoms with E-state index in [0.717, 1.165) is 18.6 Å². The number of nitrogens with two attached hydrogens (primary N) is 1. The fourth-order valence-corrected chi connectivity index (χ4v) is 2.27. The van der Waals surface area contributed by atoms with Crippen LogP contribution in [0.15, 0.2) is 4.99 Å². The number of carbonyl (C=O) groups is 2. The van der Waals surface area contributed by atoms with Gasteiger partial charge in [-0.1, -0.05) is 50.8 Å². The molecule has 0 fully saturated rings. The number of nitrogens with one attached hydrogen (secondary N) is 2. The predicted octanol–water partition coefficient (Wildman–Crippen LogP) is 2.44. The average Bonchev–Trinajstić information content (AvgIpc) is 2.36. The van der Waals surface area contributed by atoms with E-state index in [4.69, 9.17) is 5.73 Å². The Balaban J connectivity index is 3.87. The molecule has 0 spiro atoms. The summed E-state index contributed by atoms with van der Waals surface area (Å²) in [6, 6.07) is -1.21. The first-order valence-electron chi connectivity index (χ1n) is 6.59. The van der Waals surface area contributed by atoms with Crippen LogP contribution in [0.1, 0.15) is 45.4 Å². The second-order valence-electron chi connectivity index (χ2n) is 4.08. The minimum Gasteiger partial charge on any atom is -0.350 e. The summed E-state index contributed by atoms with van der Waals surface area (Å²) >= 11 is 1.33. The van der Waals surface area contributed by atoms with Gasteiger partial charge < -0.3 is 11.1 Å². The Hall–Kier alpha value is -1.24. The average molecular weight is 288 g/mol. The van der Waals surface area contributed by atoms with Gasteiger partial charge in [-0.15, -0.1) is 0 Å². The number of unbranched alkanes of at least 4 members (excludes halogenated alkanes) is 5. The summed E-state index contributed by atoms with van der Waals surface area (Å²) in [7, 11) is 1.50. The molecule has 0 saturated carbocycles. The van der Waals surface area contributed by atoms with Gasteiger partial charge in [-0.25, -0.2) is 9.59 Å². The molecular formula is C12H24N4O2S. The Morgan fingerprint density at radius 2 is 1.79 bits per heavy atom. The maximum Gasteiger partial charge on any atom is 0.340 e. The van der Waals surface area contributed by atoms with Gasteiger partial charge in [0.2, 0.25) is 0 Å². The van der Waals surface area contributed by atoms with Crippen LogP contribution in [0, 0.1) is 0 Å². The number of aliphatic imine (C=N–C) groups is 1. The number of thioether (sulfide) groups is 1. The normalized spacial score (nSPS) is 11.2. The van der Waals surface area contributed by atoms with Gasteiger partial charge in [-0.05, 0) is 6.42 Å². The van der Waals surface area contributed by atoms with Crippen LogP contribution >= 0.6 is 11.8 Å². The third-order valence-corrected chi connectivity index (χ3v) is 3.36. The van der Waals surface area contributed by atoms with E-state index in [9.17, 15) is 9.59 Å². The third kappa shape index (κ3) is 11.6. The van der Waals surface area contributed by atoms with E-state index in [1.54, 1.807) is 0 Å². The van der Waals surface area contributed by atoms with E-state index in [0.29, 0.717) is 0 Å². The molecule has 19 heavy (non-hydrogen) atoms. The van der Waals surface area contributed by atoms with Crippen molar-refractivity contribution >= 4 is 29.0 Å². The van der Waals surface area contributed by atoms with Gasteiger partial charge in [0.05, 0.1) is 0 Å². The highest BCUT2D eigenvalue weighted by atomic mass is 32.2. The van der Waals surface area contributed by atoms with E-state index in [1.807, 2.05) is 0 Å². The van der Waals surface area contributed by atoms with Crippen LogP contribution in [0.25, 0.3) is 0 Å². The lowest BCUT2D eigenvalue weighted by Crippen LogP contribution is -2.36. The molecule has 4 N–H and O–H groups in total. The number of carbonyl (C=O) groups excluding carboxylic acids is 2. The first kappa shape index (κ1) is 17.8. The Kier molecular flexibility index (Phi) is 11.1. The van der Waals surface area contributed by atoms with Crippen LogP contribution in [0.5, 0.6) is 0 Å². The summed E-state index contributed by atoms with van der Waals surface area (Å²) in [6.07, 6.45) is 7.18. The van der Waals surface area contributed by atoms with Crippen molar-refractivity contribution in [2.75, 3.05) is 12.8 Å². The van der Waals surface area contributed by atoms with Crippen LogP contribution in [-0.2, 0) is 0 Å². The van der Waals surface area contributed by atoms with Gasteiger partial charge in [-0.3, -0.25) is 5.32 Å². The largest absolute Gasteiger partial charge is 0.350 e. The fourth-order valence-electron chi connectivity index (χ4n) is 1.41. The molecule has 6 nitrogen and oxygen atoms in total. The molecule has 4 amide bonds. The minimum absolute atomic E-state index is 0.250. The Labute approximate surface area is 119 Å². The third-order valence-electron chi connectivity index (χ3n) is 2.40. The SMILES string of the molecule is CCCCCCCCSC(=NC(N)=O)NC(=O)NC. The Morgan fingerprint density at radius 1 is 1.16 bits per heavy atom. The molecule has 0 radical (unpaired) electrons. The number of hydrogen-bond donors (Lipinski definition) is 3. The van der Waals surface area contributed by atoms with Gasteiger partial charge in [0.25, 0.3) is 0 Å². The summed E-state index contributed by atoms with van der Waals surface area (Å²) in [4.78, 5) is 25.4. The van der Waals surface area contributed by atoms with E-state index in [-0.39, 0.29) is 5.17 Å². The molecule has 0 aromatic carbocycles.